The molecule has 0 bridgehead atoms. The first-order chi connectivity index (χ1) is 8.06. The van der Waals surface area contributed by atoms with Crippen LogP contribution >= 0.6 is 35.0 Å². The number of aliphatic imine (C=N–C) groups is 1. The van der Waals surface area contributed by atoms with Gasteiger partial charge in [-0.15, -0.1) is 0 Å². The van der Waals surface area contributed by atoms with Crippen LogP contribution in [0.4, 0.5) is 5.69 Å². The van der Waals surface area contributed by atoms with E-state index in [9.17, 15) is 0 Å². The fourth-order valence-corrected chi connectivity index (χ4v) is 2.99. The van der Waals surface area contributed by atoms with Crippen molar-refractivity contribution in [2.45, 2.75) is 19.1 Å². The van der Waals surface area contributed by atoms with Gasteiger partial charge in [-0.3, -0.25) is 4.99 Å². The minimum absolute atomic E-state index is 0.559. The van der Waals surface area contributed by atoms with Crippen molar-refractivity contribution < 1.29 is 0 Å². The molecule has 0 aliphatic carbocycles. The molecule has 1 unspecified atom stereocenters. The highest BCUT2D eigenvalue weighted by Gasteiger charge is 2.22. The molecule has 1 atom stereocenters. The number of hydrogen-bond donors (Lipinski definition) is 1. The molecule has 17 heavy (non-hydrogen) atoms. The van der Waals surface area contributed by atoms with Gasteiger partial charge in [0.05, 0.1) is 17.3 Å². The third-order valence-corrected chi connectivity index (χ3v) is 4.59. The van der Waals surface area contributed by atoms with Crippen LogP contribution in [0.1, 0.15) is 13.8 Å². The smallest absolute Gasteiger partial charge is 0.161 e. The zero-order valence-electron chi connectivity index (χ0n) is 9.71. The van der Waals surface area contributed by atoms with Crippen molar-refractivity contribution in [3.63, 3.8) is 0 Å². The summed E-state index contributed by atoms with van der Waals surface area (Å²) in [5.41, 5.74) is 0.853. The molecule has 0 fully saturated rings. The molecule has 1 aromatic carbocycles. The maximum absolute atomic E-state index is 6.10. The highest BCUT2D eigenvalue weighted by Crippen LogP contribution is 2.31. The zero-order valence-corrected chi connectivity index (χ0v) is 12.0. The van der Waals surface area contributed by atoms with E-state index in [0.717, 1.165) is 17.4 Å². The van der Waals surface area contributed by atoms with Crippen LogP contribution in [0.25, 0.3) is 0 Å². The lowest BCUT2D eigenvalue weighted by Gasteiger charge is -2.12. The van der Waals surface area contributed by atoms with Crippen molar-refractivity contribution >= 4 is 45.8 Å². The summed E-state index contributed by atoms with van der Waals surface area (Å²) in [6, 6.07) is 5.41. The first kappa shape index (κ1) is 13.1. The van der Waals surface area contributed by atoms with Gasteiger partial charge in [0, 0.05) is 10.3 Å². The van der Waals surface area contributed by atoms with E-state index in [1.54, 1.807) is 17.8 Å². The summed E-state index contributed by atoms with van der Waals surface area (Å²) in [5.74, 6) is 0.628. The van der Waals surface area contributed by atoms with Crippen molar-refractivity contribution in [1.82, 2.24) is 0 Å². The Morgan fingerprint density at radius 3 is 2.76 bits per heavy atom. The van der Waals surface area contributed by atoms with Crippen molar-refractivity contribution in [1.29, 1.82) is 0 Å². The molecule has 1 aromatic rings. The molecule has 0 spiro atoms. The van der Waals surface area contributed by atoms with Gasteiger partial charge in [0.15, 0.2) is 5.17 Å². The molecule has 0 saturated heterocycles. The third-order valence-electron chi connectivity index (χ3n) is 2.59. The molecule has 92 valence electrons. The normalized spacial score (nSPS) is 19.6. The number of hydrogen-bond acceptors (Lipinski definition) is 3. The van der Waals surface area contributed by atoms with Crippen LogP contribution in [0.2, 0.25) is 10.0 Å². The van der Waals surface area contributed by atoms with Crippen LogP contribution in [-0.2, 0) is 0 Å². The SMILES string of the molecule is CC(C)C1CN=C(Nc2ccc(Cl)cc2Cl)S1. The van der Waals surface area contributed by atoms with Gasteiger partial charge >= 0.3 is 0 Å². The van der Waals surface area contributed by atoms with E-state index < -0.39 is 0 Å². The molecule has 1 N–H and O–H groups in total. The number of rotatable bonds is 2. The van der Waals surface area contributed by atoms with E-state index in [4.69, 9.17) is 23.2 Å². The summed E-state index contributed by atoms with van der Waals surface area (Å²) in [6.45, 7) is 5.30. The lowest BCUT2D eigenvalue weighted by atomic mass is 10.1. The van der Waals surface area contributed by atoms with E-state index in [1.807, 2.05) is 12.1 Å². The van der Waals surface area contributed by atoms with Crippen LogP contribution < -0.4 is 5.32 Å². The molecule has 0 amide bonds. The van der Waals surface area contributed by atoms with Crippen LogP contribution in [0.15, 0.2) is 23.2 Å². The van der Waals surface area contributed by atoms with E-state index >= 15 is 0 Å². The van der Waals surface area contributed by atoms with Crippen LogP contribution in [0, 0.1) is 5.92 Å². The lowest BCUT2D eigenvalue weighted by Crippen LogP contribution is -2.13. The Balaban J connectivity index is 2.03. The van der Waals surface area contributed by atoms with Crippen molar-refractivity contribution in [3.05, 3.63) is 28.2 Å². The summed E-state index contributed by atoms with van der Waals surface area (Å²) in [4.78, 5) is 4.47. The molecule has 0 radical (unpaired) electrons. The summed E-state index contributed by atoms with van der Waals surface area (Å²) in [6.07, 6.45) is 0. The monoisotopic (exact) mass is 288 g/mol. The van der Waals surface area contributed by atoms with E-state index in [2.05, 4.69) is 24.2 Å². The van der Waals surface area contributed by atoms with E-state index in [1.165, 1.54) is 0 Å². The average molecular weight is 289 g/mol. The number of benzene rings is 1. The molecule has 1 heterocycles. The van der Waals surface area contributed by atoms with E-state index in [-0.39, 0.29) is 0 Å². The summed E-state index contributed by atoms with van der Waals surface area (Å²) in [5, 5.41) is 6.00. The minimum atomic E-state index is 0.559. The average Bonchev–Trinajstić information content (AvgIpc) is 2.71. The highest BCUT2D eigenvalue weighted by atomic mass is 35.5. The third kappa shape index (κ3) is 3.30. The molecular formula is C12H14Cl2N2S. The van der Waals surface area contributed by atoms with Crippen molar-refractivity contribution in [2.24, 2.45) is 10.9 Å². The van der Waals surface area contributed by atoms with Crippen LogP contribution in [-0.4, -0.2) is 17.0 Å². The van der Waals surface area contributed by atoms with Crippen molar-refractivity contribution in [3.8, 4) is 0 Å². The topological polar surface area (TPSA) is 24.4 Å². The number of anilines is 1. The Morgan fingerprint density at radius 1 is 1.41 bits per heavy atom. The zero-order chi connectivity index (χ0) is 12.4. The Bertz CT molecular complexity index is 446. The van der Waals surface area contributed by atoms with Gasteiger partial charge in [-0.2, -0.15) is 0 Å². The second kappa shape index (κ2) is 5.51. The van der Waals surface area contributed by atoms with Gasteiger partial charge in [-0.05, 0) is 24.1 Å². The fraction of sp³-hybridized carbons (Fsp3) is 0.417. The molecule has 1 aliphatic rings. The fourth-order valence-electron chi connectivity index (χ4n) is 1.51. The molecule has 0 aromatic heterocycles. The Hall–Kier alpha value is -0.380. The predicted molar refractivity (Wildman–Crippen MR) is 78.6 cm³/mol. The molecular weight excluding hydrogens is 275 g/mol. The maximum atomic E-state index is 6.10. The van der Waals surface area contributed by atoms with Gasteiger partial charge in [0.2, 0.25) is 0 Å². The molecule has 2 rings (SSSR count). The minimum Gasteiger partial charge on any atom is -0.334 e. The Kier molecular flexibility index (Phi) is 4.23. The maximum Gasteiger partial charge on any atom is 0.161 e. The van der Waals surface area contributed by atoms with E-state index in [0.29, 0.717) is 21.2 Å². The Labute approximate surface area is 116 Å². The number of amidine groups is 1. The predicted octanol–water partition coefficient (Wildman–Crippen LogP) is 4.53. The second-order valence-electron chi connectivity index (χ2n) is 4.30. The number of nitrogens with zero attached hydrogens (tertiary/aromatic N) is 1. The summed E-state index contributed by atoms with van der Waals surface area (Å²) >= 11 is 13.7. The first-order valence-electron chi connectivity index (χ1n) is 5.49. The molecule has 1 aliphatic heterocycles. The quantitative estimate of drug-likeness (QED) is 0.864. The van der Waals surface area contributed by atoms with Crippen LogP contribution in [0.3, 0.4) is 0 Å². The number of thioether (sulfide) groups is 1. The standard InChI is InChI=1S/C12H14Cl2N2S/c1-7(2)11-6-15-12(17-11)16-10-4-3-8(13)5-9(10)14/h3-5,7,11H,6H2,1-2H3,(H,15,16). The molecule has 2 nitrogen and oxygen atoms in total. The highest BCUT2D eigenvalue weighted by molar-refractivity contribution is 8.15. The first-order valence-corrected chi connectivity index (χ1v) is 7.13. The Morgan fingerprint density at radius 2 is 2.18 bits per heavy atom. The molecule has 5 heteroatoms. The van der Waals surface area contributed by atoms with Gasteiger partial charge < -0.3 is 5.32 Å². The summed E-state index contributed by atoms with van der Waals surface area (Å²) in [7, 11) is 0. The second-order valence-corrected chi connectivity index (χ2v) is 6.37. The van der Waals surface area contributed by atoms with Gasteiger partial charge in [-0.1, -0.05) is 48.8 Å². The largest absolute Gasteiger partial charge is 0.334 e. The molecule has 0 saturated carbocycles. The lowest BCUT2D eigenvalue weighted by molar-refractivity contribution is 0.621. The van der Waals surface area contributed by atoms with Gasteiger partial charge in [-0.25, -0.2) is 0 Å². The van der Waals surface area contributed by atoms with Crippen LogP contribution in [0.5, 0.6) is 0 Å². The number of nitrogens with one attached hydrogen (secondary N) is 1. The van der Waals surface area contributed by atoms with Gasteiger partial charge in [0.1, 0.15) is 0 Å². The van der Waals surface area contributed by atoms with Gasteiger partial charge in [0.25, 0.3) is 0 Å². The van der Waals surface area contributed by atoms with Crippen molar-refractivity contribution in [2.75, 3.05) is 11.9 Å². The number of halogens is 2. The summed E-state index contributed by atoms with van der Waals surface area (Å²) < 4.78 is 0.